The van der Waals surface area contributed by atoms with Crippen LogP contribution in [0.4, 0.5) is 23.9 Å². The van der Waals surface area contributed by atoms with Crippen LogP contribution < -0.4 is 5.32 Å². The van der Waals surface area contributed by atoms with Crippen LogP contribution in [0.2, 0.25) is 5.02 Å². The van der Waals surface area contributed by atoms with Gasteiger partial charge in [-0.25, -0.2) is 4.99 Å². The fourth-order valence-corrected chi connectivity index (χ4v) is 6.31. The number of nitrogens with zero attached hydrogens (tertiary/aromatic N) is 1. The van der Waals surface area contributed by atoms with Gasteiger partial charge in [0.2, 0.25) is 0 Å². The number of alkyl halides is 3. The highest BCUT2D eigenvalue weighted by atomic mass is 35.5. The molecule has 0 radical (unpaired) electrons. The number of aliphatic imine (C=N–C) groups is 1. The number of benzene rings is 2. The highest BCUT2D eigenvalue weighted by Crippen LogP contribution is 2.45. The van der Waals surface area contributed by atoms with E-state index in [2.05, 4.69) is 31.1 Å². The predicted molar refractivity (Wildman–Crippen MR) is 155 cm³/mol. The topological polar surface area (TPSA) is 54.6 Å². The molecule has 0 fully saturated rings. The van der Waals surface area contributed by atoms with Gasteiger partial charge in [0, 0.05) is 21.2 Å². The van der Waals surface area contributed by atoms with Crippen molar-refractivity contribution >= 4 is 45.7 Å². The molecule has 2 aromatic heterocycles. The van der Waals surface area contributed by atoms with E-state index in [0.717, 1.165) is 41.8 Å². The highest BCUT2D eigenvalue weighted by molar-refractivity contribution is 7.16. The minimum Gasteiger partial charge on any atom is -0.455 e. The number of halogens is 4. The fourth-order valence-electron chi connectivity index (χ4n) is 4.91. The molecule has 1 N–H and O–H groups in total. The third kappa shape index (κ3) is 6.18. The van der Waals surface area contributed by atoms with E-state index >= 15 is 0 Å². The molecule has 40 heavy (non-hydrogen) atoms. The zero-order valence-corrected chi connectivity index (χ0v) is 23.8. The van der Waals surface area contributed by atoms with Crippen LogP contribution in [0.5, 0.6) is 0 Å². The maximum Gasteiger partial charge on any atom is 0.416 e. The van der Waals surface area contributed by atoms with Gasteiger partial charge in [0.1, 0.15) is 16.5 Å². The first-order chi connectivity index (χ1) is 18.9. The molecule has 0 bridgehead atoms. The van der Waals surface area contributed by atoms with Gasteiger partial charge in [-0.05, 0) is 84.7 Å². The zero-order valence-electron chi connectivity index (χ0n) is 22.2. The summed E-state index contributed by atoms with van der Waals surface area (Å²) in [5.74, 6) is 0.912. The van der Waals surface area contributed by atoms with E-state index in [4.69, 9.17) is 16.0 Å². The van der Waals surface area contributed by atoms with Gasteiger partial charge in [0.25, 0.3) is 5.91 Å². The van der Waals surface area contributed by atoms with Crippen LogP contribution >= 0.6 is 22.9 Å². The Bertz CT molecular complexity index is 1560. The molecule has 0 saturated heterocycles. The Hall–Kier alpha value is -3.36. The van der Waals surface area contributed by atoms with E-state index < -0.39 is 11.7 Å². The number of hydrogen-bond acceptors (Lipinski definition) is 4. The number of carbonyl (C=O) groups is 1. The summed E-state index contributed by atoms with van der Waals surface area (Å²) in [6.45, 7) is 6.72. The second-order valence-electron chi connectivity index (χ2n) is 11.0. The number of hydrogen-bond donors (Lipinski definition) is 1. The molecule has 4 nitrogen and oxygen atoms in total. The van der Waals surface area contributed by atoms with Gasteiger partial charge in [-0.2, -0.15) is 13.2 Å². The average Bonchev–Trinajstić information content (AvgIpc) is 3.52. The molecule has 1 atom stereocenters. The van der Waals surface area contributed by atoms with Crippen molar-refractivity contribution in [2.24, 2.45) is 16.3 Å². The van der Waals surface area contributed by atoms with Crippen LogP contribution in [0.15, 0.2) is 70.1 Å². The SMILES string of the molecule is CC(C)(C)[C@H]1CCc2c(sc(N=Cc3ccc(-c4cccc(C(F)(F)F)c4)o3)c2C(=O)Nc2ccc(Cl)cc2)C1. The minimum absolute atomic E-state index is 0.144. The van der Waals surface area contributed by atoms with E-state index in [1.54, 1.807) is 42.5 Å². The van der Waals surface area contributed by atoms with Gasteiger partial charge in [0.15, 0.2) is 0 Å². The minimum atomic E-state index is -4.44. The first-order valence-corrected chi connectivity index (χ1v) is 14.1. The quantitative estimate of drug-likeness (QED) is 0.237. The summed E-state index contributed by atoms with van der Waals surface area (Å²) in [6, 6.07) is 15.2. The summed E-state index contributed by atoms with van der Waals surface area (Å²) < 4.78 is 45.3. The Morgan fingerprint density at radius 3 is 2.55 bits per heavy atom. The lowest BCUT2D eigenvalue weighted by Gasteiger charge is -2.33. The van der Waals surface area contributed by atoms with Crippen LogP contribution in [-0.4, -0.2) is 12.1 Å². The molecule has 1 amide bonds. The Morgan fingerprint density at radius 2 is 1.85 bits per heavy atom. The molecule has 2 aromatic carbocycles. The summed E-state index contributed by atoms with van der Waals surface area (Å²) in [4.78, 5) is 19.3. The molecule has 208 valence electrons. The average molecular weight is 585 g/mol. The normalized spacial score (nSPS) is 15.8. The number of nitrogens with one attached hydrogen (secondary N) is 1. The molecular formula is C31H28ClF3N2O2S. The molecule has 4 aromatic rings. The van der Waals surface area contributed by atoms with Crippen LogP contribution in [0.1, 0.15) is 59.3 Å². The van der Waals surface area contributed by atoms with Crippen LogP contribution in [-0.2, 0) is 19.0 Å². The third-order valence-electron chi connectivity index (χ3n) is 7.21. The number of amides is 1. The molecule has 0 spiro atoms. The van der Waals surface area contributed by atoms with E-state index in [9.17, 15) is 18.0 Å². The Labute approximate surface area is 239 Å². The summed E-state index contributed by atoms with van der Waals surface area (Å²) in [7, 11) is 0. The van der Waals surface area contributed by atoms with Crippen molar-refractivity contribution < 1.29 is 22.4 Å². The standard InChI is InChI=1S/C31H28ClF3N2O2S/c1-30(2,3)19-7-13-24-26(16-19)40-29(27(24)28(38)37-22-10-8-21(32)9-11-22)36-17-23-12-14-25(39-23)18-5-4-6-20(15-18)31(33,34)35/h4-6,8-12,14-15,17,19H,7,13,16H2,1-3H3,(H,37,38)/t19-/m0/s1. The van der Waals surface area contributed by atoms with E-state index in [1.165, 1.54) is 23.6 Å². The van der Waals surface area contributed by atoms with Crippen LogP contribution in [0, 0.1) is 11.3 Å². The maximum absolute atomic E-state index is 13.5. The Balaban J connectivity index is 1.45. The van der Waals surface area contributed by atoms with Gasteiger partial charge in [-0.3, -0.25) is 4.79 Å². The molecule has 0 aliphatic heterocycles. The highest BCUT2D eigenvalue weighted by Gasteiger charge is 2.34. The van der Waals surface area contributed by atoms with Gasteiger partial charge in [0.05, 0.1) is 17.3 Å². The second kappa shape index (κ2) is 10.9. The third-order valence-corrected chi connectivity index (χ3v) is 8.63. The molecule has 9 heteroatoms. The van der Waals surface area contributed by atoms with Crippen molar-refractivity contribution in [1.82, 2.24) is 0 Å². The Morgan fingerprint density at radius 1 is 1.10 bits per heavy atom. The lowest BCUT2D eigenvalue weighted by atomic mass is 9.72. The largest absolute Gasteiger partial charge is 0.455 e. The van der Waals surface area contributed by atoms with Crippen molar-refractivity contribution in [2.45, 2.75) is 46.2 Å². The monoisotopic (exact) mass is 584 g/mol. The molecular weight excluding hydrogens is 557 g/mol. The predicted octanol–water partition coefficient (Wildman–Crippen LogP) is 9.83. The molecule has 2 heterocycles. The Kier molecular flexibility index (Phi) is 7.68. The van der Waals surface area contributed by atoms with E-state index in [1.807, 2.05) is 0 Å². The number of fused-ring (bicyclic) bond motifs is 1. The number of thiophene rings is 1. The van der Waals surface area contributed by atoms with Crippen molar-refractivity contribution in [2.75, 3.05) is 5.32 Å². The van der Waals surface area contributed by atoms with Gasteiger partial charge >= 0.3 is 6.18 Å². The first kappa shape index (κ1) is 28.2. The van der Waals surface area contributed by atoms with Gasteiger partial charge in [-0.15, -0.1) is 11.3 Å². The van der Waals surface area contributed by atoms with Crippen LogP contribution in [0.3, 0.4) is 0 Å². The maximum atomic E-state index is 13.5. The molecule has 1 aliphatic carbocycles. The number of rotatable bonds is 5. The van der Waals surface area contributed by atoms with Gasteiger partial charge < -0.3 is 9.73 Å². The van der Waals surface area contributed by atoms with Crippen molar-refractivity contribution in [1.29, 1.82) is 0 Å². The summed E-state index contributed by atoms with van der Waals surface area (Å²) in [5.41, 5.74) is 1.91. The molecule has 1 aliphatic rings. The van der Waals surface area contributed by atoms with E-state index in [-0.39, 0.29) is 11.3 Å². The number of carbonyl (C=O) groups excluding carboxylic acids is 1. The van der Waals surface area contributed by atoms with Crippen molar-refractivity contribution in [3.05, 3.63) is 93.0 Å². The zero-order chi connectivity index (χ0) is 28.7. The number of furan rings is 1. The van der Waals surface area contributed by atoms with Gasteiger partial charge in [-0.1, -0.05) is 44.5 Å². The van der Waals surface area contributed by atoms with Crippen LogP contribution in [0.25, 0.3) is 11.3 Å². The summed E-state index contributed by atoms with van der Waals surface area (Å²) in [6.07, 6.45) is -0.293. The van der Waals surface area contributed by atoms with Crippen molar-refractivity contribution in [3.63, 3.8) is 0 Å². The smallest absolute Gasteiger partial charge is 0.416 e. The lowest BCUT2D eigenvalue weighted by Crippen LogP contribution is -2.27. The molecule has 0 unspecified atom stereocenters. The summed E-state index contributed by atoms with van der Waals surface area (Å²) >= 11 is 7.50. The molecule has 0 saturated carbocycles. The van der Waals surface area contributed by atoms with Crippen molar-refractivity contribution in [3.8, 4) is 11.3 Å². The number of anilines is 1. The fraction of sp³-hybridized carbons (Fsp3) is 0.290. The summed E-state index contributed by atoms with van der Waals surface area (Å²) in [5, 5.41) is 4.11. The second-order valence-corrected chi connectivity index (χ2v) is 12.5. The lowest BCUT2D eigenvalue weighted by molar-refractivity contribution is -0.137. The molecule has 5 rings (SSSR count). The van der Waals surface area contributed by atoms with E-state index in [0.29, 0.717) is 44.3 Å². The first-order valence-electron chi connectivity index (χ1n) is 12.9.